The molecular weight excluding hydrogens is 206 g/mol. The summed E-state index contributed by atoms with van der Waals surface area (Å²) in [6.07, 6.45) is 12.6. The summed E-state index contributed by atoms with van der Waals surface area (Å²) >= 11 is 0. The second-order valence-corrected chi connectivity index (χ2v) is 6.53. The Morgan fingerprint density at radius 1 is 1.18 bits per heavy atom. The van der Waals surface area contributed by atoms with Gasteiger partial charge in [0, 0.05) is 0 Å². The zero-order chi connectivity index (χ0) is 12.7. The summed E-state index contributed by atoms with van der Waals surface area (Å²) in [7, 11) is 0. The lowest BCUT2D eigenvalue weighted by Crippen LogP contribution is -2.21. The highest BCUT2D eigenvalue weighted by atomic mass is 14.5. The second-order valence-electron chi connectivity index (χ2n) is 6.53. The molecule has 1 nitrogen and oxygen atoms in total. The largest absolute Gasteiger partial charge is 0.330 e. The standard InChI is InChI=1S/C16H33N/c1-4-6-15(13-17)8-11-16(9-5-2)10-7-14(3)12-16/h14-15H,4-13,17H2,1-3H3. The SMILES string of the molecule is CCCC(CN)CCC1(CCC)CCC(C)C1. The van der Waals surface area contributed by atoms with E-state index in [-0.39, 0.29) is 0 Å². The first-order valence-electron chi connectivity index (χ1n) is 7.86. The number of hydrogen-bond donors (Lipinski definition) is 1. The van der Waals surface area contributed by atoms with Gasteiger partial charge in [-0.1, -0.05) is 40.0 Å². The van der Waals surface area contributed by atoms with Crippen molar-refractivity contribution in [1.82, 2.24) is 0 Å². The molecule has 0 aromatic rings. The molecule has 0 aromatic carbocycles. The van der Waals surface area contributed by atoms with Crippen molar-refractivity contribution in [1.29, 1.82) is 0 Å². The van der Waals surface area contributed by atoms with Crippen molar-refractivity contribution in [2.45, 2.75) is 78.6 Å². The Morgan fingerprint density at radius 3 is 2.41 bits per heavy atom. The molecule has 0 amide bonds. The first-order valence-corrected chi connectivity index (χ1v) is 7.86. The Labute approximate surface area is 109 Å². The van der Waals surface area contributed by atoms with Gasteiger partial charge in [0.1, 0.15) is 0 Å². The smallest absolute Gasteiger partial charge is 0.00489 e. The third-order valence-electron chi connectivity index (χ3n) is 4.84. The van der Waals surface area contributed by atoms with Crippen LogP contribution in [-0.2, 0) is 0 Å². The van der Waals surface area contributed by atoms with E-state index in [1.165, 1.54) is 57.8 Å². The van der Waals surface area contributed by atoms with E-state index in [2.05, 4.69) is 20.8 Å². The van der Waals surface area contributed by atoms with Gasteiger partial charge in [0.05, 0.1) is 0 Å². The van der Waals surface area contributed by atoms with E-state index in [0.717, 1.165) is 18.4 Å². The van der Waals surface area contributed by atoms with Gasteiger partial charge in [-0.15, -0.1) is 0 Å². The average Bonchev–Trinajstić information content (AvgIpc) is 2.67. The minimum atomic E-state index is 0.690. The van der Waals surface area contributed by atoms with Crippen LogP contribution in [0.2, 0.25) is 0 Å². The number of rotatable bonds is 8. The van der Waals surface area contributed by atoms with Gasteiger partial charge in [0.25, 0.3) is 0 Å². The van der Waals surface area contributed by atoms with E-state index in [4.69, 9.17) is 5.73 Å². The molecular formula is C16H33N. The minimum Gasteiger partial charge on any atom is -0.330 e. The minimum absolute atomic E-state index is 0.690. The lowest BCUT2D eigenvalue weighted by atomic mass is 9.75. The van der Waals surface area contributed by atoms with Gasteiger partial charge in [-0.05, 0) is 62.3 Å². The summed E-state index contributed by atoms with van der Waals surface area (Å²) in [6, 6.07) is 0. The third-order valence-corrected chi connectivity index (χ3v) is 4.84. The van der Waals surface area contributed by atoms with Crippen molar-refractivity contribution in [3.63, 3.8) is 0 Å². The summed E-state index contributed by atoms with van der Waals surface area (Å²) in [4.78, 5) is 0. The molecule has 1 aliphatic rings. The Bertz CT molecular complexity index is 198. The highest BCUT2D eigenvalue weighted by Gasteiger charge is 2.36. The maximum atomic E-state index is 5.89. The molecule has 0 heterocycles. The van der Waals surface area contributed by atoms with E-state index >= 15 is 0 Å². The molecule has 102 valence electrons. The van der Waals surface area contributed by atoms with Gasteiger partial charge in [0.2, 0.25) is 0 Å². The first-order chi connectivity index (χ1) is 8.15. The molecule has 3 unspecified atom stereocenters. The second kappa shape index (κ2) is 7.41. The Balaban J connectivity index is 2.44. The van der Waals surface area contributed by atoms with Crippen LogP contribution in [0.4, 0.5) is 0 Å². The molecule has 1 rings (SSSR count). The van der Waals surface area contributed by atoms with Crippen LogP contribution < -0.4 is 5.73 Å². The molecule has 0 saturated heterocycles. The summed E-state index contributed by atoms with van der Waals surface area (Å²) in [5.41, 5.74) is 6.58. The maximum absolute atomic E-state index is 5.89. The van der Waals surface area contributed by atoms with Crippen LogP contribution in [0.15, 0.2) is 0 Å². The molecule has 0 bridgehead atoms. The summed E-state index contributed by atoms with van der Waals surface area (Å²) in [5.74, 6) is 1.74. The lowest BCUT2D eigenvalue weighted by Gasteiger charge is -2.31. The molecule has 17 heavy (non-hydrogen) atoms. The van der Waals surface area contributed by atoms with Crippen molar-refractivity contribution in [2.75, 3.05) is 6.54 Å². The van der Waals surface area contributed by atoms with Crippen LogP contribution in [0, 0.1) is 17.3 Å². The van der Waals surface area contributed by atoms with Crippen molar-refractivity contribution in [3.05, 3.63) is 0 Å². The van der Waals surface area contributed by atoms with Crippen molar-refractivity contribution in [3.8, 4) is 0 Å². The highest BCUT2D eigenvalue weighted by Crippen LogP contribution is 2.48. The predicted molar refractivity (Wildman–Crippen MR) is 77.0 cm³/mol. The van der Waals surface area contributed by atoms with Crippen LogP contribution in [0.25, 0.3) is 0 Å². The van der Waals surface area contributed by atoms with Crippen LogP contribution in [-0.4, -0.2) is 6.54 Å². The van der Waals surface area contributed by atoms with Crippen molar-refractivity contribution in [2.24, 2.45) is 23.0 Å². The molecule has 0 aromatic heterocycles. The van der Waals surface area contributed by atoms with Gasteiger partial charge >= 0.3 is 0 Å². The highest BCUT2D eigenvalue weighted by molar-refractivity contribution is 4.88. The Hall–Kier alpha value is -0.0400. The summed E-state index contributed by atoms with van der Waals surface area (Å²) in [5, 5.41) is 0. The van der Waals surface area contributed by atoms with Crippen molar-refractivity contribution >= 4 is 0 Å². The van der Waals surface area contributed by atoms with Gasteiger partial charge in [-0.3, -0.25) is 0 Å². The summed E-state index contributed by atoms with van der Waals surface area (Å²) < 4.78 is 0. The van der Waals surface area contributed by atoms with E-state index in [1.807, 2.05) is 0 Å². The summed E-state index contributed by atoms with van der Waals surface area (Å²) in [6.45, 7) is 7.95. The molecule has 1 saturated carbocycles. The Kier molecular flexibility index (Phi) is 6.54. The topological polar surface area (TPSA) is 26.0 Å². The van der Waals surface area contributed by atoms with E-state index < -0.39 is 0 Å². The molecule has 2 N–H and O–H groups in total. The average molecular weight is 239 g/mol. The monoisotopic (exact) mass is 239 g/mol. The van der Waals surface area contributed by atoms with E-state index in [9.17, 15) is 0 Å². The van der Waals surface area contributed by atoms with E-state index in [0.29, 0.717) is 5.41 Å². The molecule has 1 fully saturated rings. The van der Waals surface area contributed by atoms with Crippen LogP contribution >= 0.6 is 0 Å². The first kappa shape index (κ1) is 15.0. The fourth-order valence-corrected chi connectivity index (χ4v) is 3.90. The van der Waals surface area contributed by atoms with Crippen LogP contribution in [0.1, 0.15) is 78.6 Å². The zero-order valence-electron chi connectivity index (χ0n) is 12.3. The van der Waals surface area contributed by atoms with Gasteiger partial charge < -0.3 is 5.73 Å². The quantitative estimate of drug-likeness (QED) is 0.650. The molecule has 1 heteroatoms. The molecule has 0 spiro atoms. The molecule has 1 aliphatic carbocycles. The maximum Gasteiger partial charge on any atom is -0.00489 e. The molecule has 0 aliphatic heterocycles. The van der Waals surface area contributed by atoms with Gasteiger partial charge in [-0.25, -0.2) is 0 Å². The zero-order valence-corrected chi connectivity index (χ0v) is 12.3. The van der Waals surface area contributed by atoms with Crippen molar-refractivity contribution < 1.29 is 0 Å². The normalized spacial score (nSPS) is 30.7. The fourth-order valence-electron chi connectivity index (χ4n) is 3.90. The van der Waals surface area contributed by atoms with Gasteiger partial charge in [0.15, 0.2) is 0 Å². The Morgan fingerprint density at radius 2 is 1.94 bits per heavy atom. The van der Waals surface area contributed by atoms with Gasteiger partial charge in [-0.2, -0.15) is 0 Å². The fraction of sp³-hybridized carbons (Fsp3) is 1.00. The number of nitrogens with two attached hydrogens (primary N) is 1. The van der Waals surface area contributed by atoms with Crippen LogP contribution in [0.3, 0.4) is 0 Å². The molecule has 0 radical (unpaired) electrons. The molecule has 3 atom stereocenters. The van der Waals surface area contributed by atoms with E-state index in [1.54, 1.807) is 0 Å². The number of hydrogen-bond acceptors (Lipinski definition) is 1. The lowest BCUT2D eigenvalue weighted by molar-refractivity contribution is 0.212. The van der Waals surface area contributed by atoms with Crippen LogP contribution in [0.5, 0.6) is 0 Å². The third kappa shape index (κ3) is 4.62. The predicted octanol–water partition coefficient (Wildman–Crippen LogP) is 4.75.